The highest BCUT2D eigenvalue weighted by Gasteiger charge is 2.40. The molecule has 1 saturated carbocycles. The van der Waals surface area contributed by atoms with Crippen molar-refractivity contribution in [3.63, 3.8) is 0 Å². The minimum atomic E-state index is -3.64. The van der Waals surface area contributed by atoms with E-state index in [0.717, 1.165) is 18.9 Å². The van der Waals surface area contributed by atoms with Crippen molar-refractivity contribution in [3.8, 4) is 0 Å². The molecule has 0 aliphatic heterocycles. The van der Waals surface area contributed by atoms with Crippen LogP contribution in [0.3, 0.4) is 0 Å². The van der Waals surface area contributed by atoms with Crippen molar-refractivity contribution in [2.45, 2.75) is 43.7 Å². The van der Waals surface area contributed by atoms with Crippen molar-refractivity contribution < 1.29 is 12.8 Å². The molecule has 1 aliphatic rings. The van der Waals surface area contributed by atoms with Crippen molar-refractivity contribution >= 4 is 10.0 Å². The van der Waals surface area contributed by atoms with E-state index in [-0.39, 0.29) is 17.0 Å². The predicted octanol–water partition coefficient (Wildman–Crippen LogP) is 1.75. The molecule has 4 nitrogen and oxygen atoms in total. The Bertz CT molecular complexity index is 580. The van der Waals surface area contributed by atoms with Crippen molar-refractivity contribution in [1.29, 1.82) is 0 Å². The van der Waals surface area contributed by atoms with Gasteiger partial charge in [-0.25, -0.2) is 17.5 Å². The van der Waals surface area contributed by atoms with E-state index in [1.54, 1.807) is 0 Å². The molecule has 1 fully saturated rings. The number of nitrogens with one attached hydrogen (secondary N) is 1. The second-order valence-electron chi connectivity index (χ2n) is 5.56. The first-order valence-electron chi connectivity index (χ1n) is 6.29. The van der Waals surface area contributed by atoms with E-state index < -0.39 is 21.4 Å². The second-order valence-corrected chi connectivity index (χ2v) is 7.24. The Kier molecular flexibility index (Phi) is 3.68. The lowest BCUT2D eigenvalue weighted by Crippen LogP contribution is -2.45. The van der Waals surface area contributed by atoms with Gasteiger partial charge in [0.25, 0.3) is 0 Å². The molecule has 0 amide bonds. The van der Waals surface area contributed by atoms with E-state index in [9.17, 15) is 12.8 Å². The maximum absolute atomic E-state index is 13.3. The minimum absolute atomic E-state index is 0.0266. The van der Waals surface area contributed by atoms with Crippen LogP contribution in [0.5, 0.6) is 0 Å². The van der Waals surface area contributed by atoms with Gasteiger partial charge in [0.15, 0.2) is 0 Å². The van der Waals surface area contributed by atoms with E-state index >= 15 is 0 Å². The van der Waals surface area contributed by atoms with Gasteiger partial charge in [0.1, 0.15) is 5.82 Å². The van der Waals surface area contributed by atoms with Gasteiger partial charge in [0.05, 0.1) is 4.90 Å². The van der Waals surface area contributed by atoms with Crippen LogP contribution in [-0.4, -0.2) is 14.0 Å². The van der Waals surface area contributed by atoms with E-state index in [4.69, 9.17) is 5.73 Å². The second kappa shape index (κ2) is 4.85. The normalized spacial score (nSPS) is 16.6. The average Bonchev–Trinajstić information content (AvgIpc) is 3.11. The lowest BCUT2D eigenvalue weighted by molar-refractivity contribution is 0.400. The number of nitrogens with two attached hydrogens (primary N) is 1. The van der Waals surface area contributed by atoms with Crippen molar-refractivity contribution in [2.24, 2.45) is 11.7 Å². The molecule has 0 bridgehead atoms. The van der Waals surface area contributed by atoms with E-state index in [1.807, 2.05) is 13.8 Å². The summed E-state index contributed by atoms with van der Waals surface area (Å²) in [6.07, 6.45) is 2.07. The molecule has 3 N–H and O–H groups in total. The number of sulfonamides is 1. The molecule has 0 unspecified atom stereocenters. The van der Waals surface area contributed by atoms with Crippen molar-refractivity contribution in [1.82, 2.24) is 4.72 Å². The summed E-state index contributed by atoms with van der Waals surface area (Å²) in [4.78, 5) is 0.0584. The van der Waals surface area contributed by atoms with Crippen LogP contribution >= 0.6 is 0 Å². The van der Waals surface area contributed by atoms with Crippen LogP contribution in [0, 0.1) is 11.7 Å². The fraction of sp³-hybridized carbons (Fsp3) is 0.538. The summed E-state index contributed by atoms with van der Waals surface area (Å²) in [5, 5.41) is 0. The monoisotopic (exact) mass is 286 g/mol. The molecule has 1 aromatic rings. The van der Waals surface area contributed by atoms with Crippen LogP contribution in [0.4, 0.5) is 4.39 Å². The van der Waals surface area contributed by atoms with Crippen molar-refractivity contribution in [2.75, 3.05) is 0 Å². The highest BCUT2D eigenvalue weighted by molar-refractivity contribution is 7.89. The Hall–Kier alpha value is -0.980. The summed E-state index contributed by atoms with van der Waals surface area (Å²) in [6, 6.07) is 3.70. The highest BCUT2D eigenvalue weighted by Crippen LogP contribution is 2.39. The van der Waals surface area contributed by atoms with Crippen molar-refractivity contribution in [3.05, 3.63) is 29.6 Å². The van der Waals surface area contributed by atoms with Gasteiger partial charge in [-0.15, -0.1) is 0 Å². The van der Waals surface area contributed by atoms with Crippen LogP contribution < -0.4 is 10.5 Å². The molecule has 0 radical (unpaired) electrons. The molecule has 1 aliphatic carbocycles. The molecule has 6 heteroatoms. The highest BCUT2D eigenvalue weighted by atomic mass is 32.2. The molecule has 0 saturated heterocycles. The fourth-order valence-electron chi connectivity index (χ4n) is 2.17. The third-order valence-electron chi connectivity index (χ3n) is 3.54. The third-order valence-corrected chi connectivity index (χ3v) is 5.21. The summed E-state index contributed by atoms with van der Waals surface area (Å²) in [7, 11) is -3.64. The largest absolute Gasteiger partial charge is 0.326 e. The van der Waals surface area contributed by atoms with Gasteiger partial charge >= 0.3 is 0 Å². The molecule has 2 rings (SSSR count). The van der Waals surface area contributed by atoms with Gasteiger partial charge < -0.3 is 5.73 Å². The van der Waals surface area contributed by atoms with Crippen LogP contribution in [-0.2, 0) is 16.6 Å². The number of hydrogen-bond donors (Lipinski definition) is 2. The molecule has 0 heterocycles. The number of hydrogen-bond acceptors (Lipinski definition) is 3. The number of benzene rings is 1. The Labute approximate surface area is 113 Å². The Balaban J connectivity index is 2.29. The predicted molar refractivity (Wildman–Crippen MR) is 71.4 cm³/mol. The maximum atomic E-state index is 13.3. The first-order valence-corrected chi connectivity index (χ1v) is 7.77. The smallest absolute Gasteiger partial charge is 0.241 e. The van der Waals surface area contributed by atoms with E-state index in [2.05, 4.69) is 4.72 Å². The number of halogens is 1. The zero-order valence-electron chi connectivity index (χ0n) is 11.1. The van der Waals surface area contributed by atoms with Crippen LogP contribution in [0.25, 0.3) is 0 Å². The Morgan fingerprint density at radius 1 is 1.42 bits per heavy atom. The first-order chi connectivity index (χ1) is 8.76. The third kappa shape index (κ3) is 3.13. The zero-order chi connectivity index (χ0) is 14.3. The Morgan fingerprint density at radius 2 is 2.05 bits per heavy atom. The summed E-state index contributed by atoms with van der Waals surface area (Å²) >= 11 is 0. The van der Waals surface area contributed by atoms with E-state index in [0.29, 0.717) is 5.92 Å². The minimum Gasteiger partial charge on any atom is -0.326 e. The van der Waals surface area contributed by atoms with Gasteiger partial charge in [-0.3, -0.25) is 0 Å². The molecule has 19 heavy (non-hydrogen) atoms. The molecule has 106 valence electrons. The first kappa shape index (κ1) is 14.4. The average molecular weight is 286 g/mol. The SMILES string of the molecule is CC(C)(NS(=O)(=O)c1ccc(F)c(CN)c1)C1CC1. The molecule has 0 aromatic heterocycles. The van der Waals surface area contributed by atoms with Gasteiger partial charge in [0, 0.05) is 17.6 Å². The summed E-state index contributed by atoms with van der Waals surface area (Å²) in [5.74, 6) is -0.111. The van der Waals surface area contributed by atoms with Crippen LogP contribution in [0.2, 0.25) is 0 Å². The Morgan fingerprint density at radius 3 is 2.58 bits per heavy atom. The van der Waals surface area contributed by atoms with Gasteiger partial charge in [-0.2, -0.15) is 0 Å². The fourth-order valence-corrected chi connectivity index (χ4v) is 3.69. The molecular weight excluding hydrogens is 267 g/mol. The topological polar surface area (TPSA) is 72.2 Å². The lowest BCUT2D eigenvalue weighted by Gasteiger charge is -2.25. The van der Waals surface area contributed by atoms with Gasteiger partial charge in [0.2, 0.25) is 10.0 Å². The lowest BCUT2D eigenvalue weighted by atomic mass is 10.0. The molecule has 1 aromatic carbocycles. The standard InChI is InChI=1S/C13H19FN2O2S/c1-13(2,10-3-4-10)16-19(17,18)11-5-6-12(14)9(7-11)8-15/h5-7,10,16H,3-4,8,15H2,1-2H3. The quantitative estimate of drug-likeness (QED) is 0.866. The number of rotatable bonds is 5. The van der Waals surface area contributed by atoms with Gasteiger partial charge in [-0.1, -0.05) is 0 Å². The summed E-state index contributed by atoms with van der Waals surface area (Å²) in [5.41, 5.74) is 5.12. The van der Waals surface area contributed by atoms with Gasteiger partial charge in [-0.05, 0) is 50.8 Å². The molecular formula is C13H19FN2O2S. The molecule has 0 atom stereocenters. The van der Waals surface area contributed by atoms with E-state index in [1.165, 1.54) is 12.1 Å². The summed E-state index contributed by atoms with van der Waals surface area (Å²) < 4.78 is 40.6. The van der Waals surface area contributed by atoms with Crippen LogP contribution in [0.1, 0.15) is 32.3 Å². The maximum Gasteiger partial charge on any atom is 0.241 e. The molecule has 0 spiro atoms. The zero-order valence-corrected chi connectivity index (χ0v) is 11.9. The summed E-state index contributed by atoms with van der Waals surface area (Å²) in [6.45, 7) is 3.71. The van der Waals surface area contributed by atoms with Crippen LogP contribution in [0.15, 0.2) is 23.1 Å².